The molecular formula is C12H25NO4. The van der Waals surface area contributed by atoms with Crippen molar-refractivity contribution in [2.24, 2.45) is 0 Å². The van der Waals surface area contributed by atoms with E-state index in [0.29, 0.717) is 19.8 Å². The molecule has 5 nitrogen and oxygen atoms in total. The molecule has 0 aliphatic carbocycles. The maximum absolute atomic E-state index is 10.6. The Balaban J connectivity index is 3.17. The summed E-state index contributed by atoms with van der Waals surface area (Å²) in [5.74, 6) is 0.0379. The molecule has 0 saturated heterocycles. The van der Waals surface area contributed by atoms with E-state index in [2.05, 4.69) is 5.32 Å². The highest BCUT2D eigenvalue weighted by Crippen LogP contribution is 1.97. The van der Waals surface area contributed by atoms with Crippen molar-refractivity contribution in [1.29, 1.82) is 0 Å². The van der Waals surface area contributed by atoms with Crippen LogP contribution in [0.5, 0.6) is 0 Å². The van der Waals surface area contributed by atoms with E-state index in [1.54, 1.807) is 0 Å². The van der Waals surface area contributed by atoms with Gasteiger partial charge in [-0.25, -0.2) is 0 Å². The molecule has 0 saturated carbocycles. The number of nitrogens with one attached hydrogen (secondary N) is 1. The first kappa shape index (κ1) is 16.5. The summed E-state index contributed by atoms with van der Waals surface area (Å²) in [5, 5.41) is 3.01. The van der Waals surface area contributed by atoms with Crippen LogP contribution in [0.2, 0.25) is 0 Å². The minimum Gasteiger partial charge on any atom is -0.380 e. The van der Waals surface area contributed by atoms with Gasteiger partial charge in [-0.2, -0.15) is 0 Å². The Labute approximate surface area is 104 Å². The van der Waals surface area contributed by atoms with Crippen LogP contribution in [0.25, 0.3) is 0 Å². The van der Waals surface area contributed by atoms with Gasteiger partial charge in [-0.05, 0) is 27.3 Å². The number of likely N-dealkylation sites (N-methyl/N-ethyl adjacent to an activating group) is 1. The average Bonchev–Trinajstić information content (AvgIpc) is 2.28. The largest absolute Gasteiger partial charge is 0.380 e. The van der Waals surface area contributed by atoms with Crippen LogP contribution in [0, 0.1) is 0 Å². The van der Waals surface area contributed by atoms with Crippen molar-refractivity contribution in [2.75, 3.05) is 46.6 Å². The van der Waals surface area contributed by atoms with Crippen LogP contribution in [0.4, 0.5) is 0 Å². The second kappa shape index (κ2) is 12.0. The number of carbonyl (C=O) groups excluding carboxylic acids is 1. The topological polar surface area (TPSA) is 56.8 Å². The lowest BCUT2D eigenvalue weighted by atomic mass is 10.3. The molecule has 0 rings (SSSR count). The Kier molecular flexibility index (Phi) is 11.6. The van der Waals surface area contributed by atoms with Gasteiger partial charge in [-0.1, -0.05) is 0 Å². The highest BCUT2D eigenvalue weighted by atomic mass is 16.5. The lowest BCUT2D eigenvalue weighted by molar-refractivity contribution is -0.122. The molecule has 17 heavy (non-hydrogen) atoms. The summed E-state index contributed by atoms with van der Waals surface area (Å²) in [6, 6.07) is 0. The summed E-state index contributed by atoms with van der Waals surface area (Å²) >= 11 is 0. The van der Waals surface area contributed by atoms with Crippen LogP contribution < -0.4 is 5.32 Å². The van der Waals surface area contributed by atoms with Crippen LogP contribution in [0.15, 0.2) is 0 Å². The second-order valence-electron chi connectivity index (χ2n) is 3.94. The molecule has 1 unspecified atom stereocenters. The molecule has 0 spiro atoms. The lowest BCUT2D eigenvalue weighted by Crippen LogP contribution is -2.18. The van der Waals surface area contributed by atoms with Crippen molar-refractivity contribution >= 4 is 5.78 Å². The second-order valence-corrected chi connectivity index (χ2v) is 3.94. The molecule has 0 aromatic rings. The maximum atomic E-state index is 10.6. The molecular weight excluding hydrogens is 222 g/mol. The fourth-order valence-corrected chi connectivity index (χ4v) is 1.13. The molecule has 0 bridgehead atoms. The van der Waals surface area contributed by atoms with Crippen molar-refractivity contribution in [3.8, 4) is 0 Å². The van der Waals surface area contributed by atoms with Gasteiger partial charge in [0.15, 0.2) is 5.78 Å². The summed E-state index contributed by atoms with van der Waals surface area (Å²) < 4.78 is 16.0. The van der Waals surface area contributed by atoms with Gasteiger partial charge >= 0.3 is 0 Å². The van der Waals surface area contributed by atoms with Crippen molar-refractivity contribution in [3.63, 3.8) is 0 Å². The molecule has 0 aliphatic heterocycles. The van der Waals surface area contributed by atoms with Gasteiger partial charge in [0.25, 0.3) is 0 Å². The van der Waals surface area contributed by atoms with Gasteiger partial charge in [0.1, 0.15) is 6.61 Å². The fourth-order valence-electron chi connectivity index (χ4n) is 1.13. The molecule has 0 aromatic heterocycles. The van der Waals surface area contributed by atoms with Crippen molar-refractivity contribution in [2.45, 2.75) is 26.4 Å². The normalized spacial score (nSPS) is 12.6. The first-order valence-corrected chi connectivity index (χ1v) is 6.08. The highest BCUT2D eigenvalue weighted by molar-refractivity contribution is 5.76. The van der Waals surface area contributed by atoms with Crippen LogP contribution in [-0.2, 0) is 19.0 Å². The van der Waals surface area contributed by atoms with Gasteiger partial charge < -0.3 is 19.5 Å². The number of ketones is 1. The van der Waals surface area contributed by atoms with Crippen LogP contribution >= 0.6 is 0 Å². The van der Waals surface area contributed by atoms with Crippen molar-refractivity contribution in [1.82, 2.24) is 5.32 Å². The Bertz CT molecular complexity index is 187. The number of rotatable bonds is 12. The van der Waals surface area contributed by atoms with Crippen molar-refractivity contribution < 1.29 is 19.0 Å². The molecule has 0 heterocycles. The quantitative estimate of drug-likeness (QED) is 0.512. The van der Waals surface area contributed by atoms with E-state index < -0.39 is 0 Å². The number of ether oxygens (including phenoxy) is 3. The molecule has 0 radical (unpaired) electrons. The predicted octanol–water partition coefficient (Wildman–Crippen LogP) is 0.623. The first-order chi connectivity index (χ1) is 8.16. The smallest absolute Gasteiger partial charge is 0.155 e. The van der Waals surface area contributed by atoms with Crippen LogP contribution in [0.3, 0.4) is 0 Å². The van der Waals surface area contributed by atoms with E-state index in [4.69, 9.17) is 14.2 Å². The minimum atomic E-state index is 0.0379. The molecule has 5 heteroatoms. The molecule has 0 fully saturated rings. The zero-order valence-electron chi connectivity index (χ0n) is 11.2. The molecule has 1 N–H and O–H groups in total. The van der Waals surface area contributed by atoms with Crippen LogP contribution in [-0.4, -0.2) is 58.5 Å². The Hall–Kier alpha value is -0.490. The Morgan fingerprint density at radius 3 is 2.59 bits per heavy atom. The van der Waals surface area contributed by atoms with Gasteiger partial charge in [-0.3, -0.25) is 4.79 Å². The van der Waals surface area contributed by atoms with E-state index in [1.165, 1.54) is 6.92 Å². The van der Waals surface area contributed by atoms with Gasteiger partial charge in [0, 0.05) is 13.2 Å². The minimum absolute atomic E-state index is 0.0379. The van der Waals surface area contributed by atoms with E-state index >= 15 is 0 Å². The molecule has 0 aromatic carbocycles. The third-order valence-electron chi connectivity index (χ3n) is 2.10. The Morgan fingerprint density at radius 2 is 1.94 bits per heavy atom. The van der Waals surface area contributed by atoms with Gasteiger partial charge in [-0.15, -0.1) is 0 Å². The molecule has 0 amide bonds. The summed E-state index contributed by atoms with van der Waals surface area (Å²) in [7, 11) is 1.90. The third-order valence-corrected chi connectivity index (χ3v) is 2.10. The van der Waals surface area contributed by atoms with E-state index in [1.807, 2.05) is 14.0 Å². The zero-order chi connectivity index (χ0) is 12.9. The average molecular weight is 247 g/mol. The SMILES string of the molecule is CNCCOCCC(C)OCCOCC(C)=O. The molecule has 0 aliphatic rings. The number of carbonyl (C=O) groups is 1. The first-order valence-electron chi connectivity index (χ1n) is 6.08. The lowest BCUT2D eigenvalue weighted by Gasteiger charge is -2.13. The summed E-state index contributed by atoms with van der Waals surface area (Å²) in [4.78, 5) is 10.6. The predicted molar refractivity (Wildman–Crippen MR) is 66.3 cm³/mol. The van der Waals surface area contributed by atoms with E-state index in [0.717, 1.165) is 19.6 Å². The van der Waals surface area contributed by atoms with E-state index in [-0.39, 0.29) is 18.5 Å². The maximum Gasteiger partial charge on any atom is 0.155 e. The zero-order valence-corrected chi connectivity index (χ0v) is 11.2. The fraction of sp³-hybridized carbons (Fsp3) is 0.917. The molecule has 102 valence electrons. The summed E-state index contributed by atoms with van der Waals surface area (Å²) in [6.07, 6.45) is 1.03. The third kappa shape index (κ3) is 13.4. The number of Topliss-reactive ketones (excluding diaryl/α,β-unsaturated/α-hetero) is 1. The molecule has 1 atom stereocenters. The van der Waals surface area contributed by atoms with Gasteiger partial charge in [0.05, 0.1) is 25.9 Å². The number of hydrogen-bond acceptors (Lipinski definition) is 5. The van der Waals surface area contributed by atoms with Gasteiger partial charge in [0.2, 0.25) is 0 Å². The highest BCUT2D eigenvalue weighted by Gasteiger charge is 2.02. The number of hydrogen-bond donors (Lipinski definition) is 1. The van der Waals surface area contributed by atoms with E-state index in [9.17, 15) is 4.79 Å². The summed E-state index contributed by atoms with van der Waals surface area (Å²) in [5.41, 5.74) is 0. The van der Waals surface area contributed by atoms with Crippen LogP contribution in [0.1, 0.15) is 20.3 Å². The standard InChI is InChI=1S/C12H25NO4/c1-11(14)10-16-8-9-17-12(2)4-6-15-7-5-13-3/h12-13H,4-10H2,1-3H3. The monoisotopic (exact) mass is 247 g/mol. The van der Waals surface area contributed by atoms with Crippen molar-refractivity contribution in [3.05, 3.63) is 0 Å². The summed E-state index contributed by atoms with van der Waals surface area (Å²) in [6.45, 7) is 6.97. The Morgan fingerprint density at radius 1 is 1.18 bits per heavy atom.